The molecule has 1 aromatic carbocycles. The molecule has 0 saturated heterocycles. The summed E-state index contributed by atoms with van der Waals surface area (Å²) in [5.41, 5.74) is 1.22. The van der Waals surface area contributed by atoms with Gasteiger partial charge in [-0.2, -0.15) is 0 Å². The van der Waals surface area contributed by atoms with Gasteiger partial charge in [0, 0.05) is 12.4 Å². The lowest BCUT2D eigenvalue weighted by atomic mass is 10.2. The molecule has 0 aliphatic rings. The molecule has 2 aromatic rings. The fourth-order valence-electron chi connectivity index (χ4n) is 1.48. The number of hydrogen-bond donors (Lipinski definition) is 0. The Hall–Kier alpha value is -2.69. The Balaban J connectivity index is 1.74. The molecule has 0 N–H and O–H groups in total. The first-order valence-corrected chi connectivity index (χ1v) is 6.02. The van der Waals surface area contributed by atoms with Crippen LogP contribution in [0.15, 0.2) is 54.9 Å². The second-order valence-corrected chi connectivity index (χ2v) is 3.96. The normalized spacial score (nSPS) is 9.80. The molecule has 1 aromatic heterocycles. The highest BCUT2D eigenvalue weighted by atomic mass is 16.6. The van der Waals surface area contributed by atoms with E-state index in [1.807, 2.05) is 30.3 Å². The number of ether oxygens (including phenoxy) is 2. The molecular weight excluding hydrogens is 258 g/mol. The maximum absolute atomic E-state index is 11.6. The minimum absolute atomic E-state index is 0.159. The SMILES string of the molecule is O=C(COC(=O)c1ccncc1)OCc1ccccc1. The summed E-state index contributed by atoms with van der Waals surface area (Å²) in [6, 6.07) is 12.3. The predicted molar refractivity (Wildman–Crippen MR) is 70.8 cm³/mol. The number of carbonyl (C=O) groups is 2. The lowest BCUT2D eigenvalue weighted by molar-refractivity contribution is -0.148. The standard InChI is InChI=1S/C15H13NO4/c17-14(19-10-12-4-2-1-3-5-12)11-20-15(18)13-6-8-16-9-7-13/h1-9H,10-11H2. The molecule has 20 heavy (non-hydrogen) atoms. The van der Waals surface area contributed by atoms with Crippen molar-refractivity contribution in [2.75, 3.05) is 6.61 Å². The second kappa shape index (κ2) is 7.04. The molecule has 0 radical (unpaired) electrons. The molecule has 0 spiro atoms. The van der Waals surface area contributed by atoms with Crippen molar-refractivity contribution in [1.82, 2.24) is 4.98 Å². The Morgan fingerprint density at radius 3 is 2.35 bits per heavy atom. The maximum Gasteiger partial charge on any atom is 0.344 e. The molecule has 1 heterocycles. The van der Waals surface area contributed by atoms with Gasteiger partial charge in [-0.1, -0.05) is 30.3 Å². The van der Waals surface area contributed by atoms with Crippen molar-refractivity contribution in [3.8, 4) is 0 Å². The molecule has 0 aliphatic heterocycles. The van der Waals surface area contributed by atoms with E-state index in [0.29, 0.717) is 5.56 Å². The molecule has 5 heteroatoms. The Kier molecular flexibility index (Phi) is 4.83. The third-order valence-electron chi connectivity index (χ3n) is 2.48. The predicted octanol–water partition coefficient (Wildman–Crippen LogP) is 1.98. The van der Waals surface area contributed by atoms with Gasteiger partial charge >= 0.3 is 11.9 Å². The number of nitrogens with zero attached hydrogens (tertiary/aromatic N) is 1. The van der Waals surface area contributed by atoms with Crippen molar-refractivity contribution < 1.29 is 19.1 Å². The zero-order valence-electron chi connectivity index (χ0n) is 10.7. The third-order valence-corrected chi connectivity index (χ3v) is 2.48. The van der Waals surface area contributed by atoms with E-state index in [1.165, 1.54) is 24.5 Å². The van der Waals surface area contributed by atoms with Crippen LogP contribution in [0, 0.1) is 0 Å². The van der Waals surface area contributed by atoms with E-state index in [4.69, 9.17) is 9.47 Å². The van der Waals surface area contributed by atoms with Gasteiger partial charge in [-0.25, -0.2) is 9.59 Å². The van der Waals surface area contributed by atoms with Crippen molar-refractivity contribution in [2.45, 2.75) is 6.61 Å². The van der Waals surface area contributed by atoms with Gasteiger partial charge < -0.3 is 9.47 Å². The van der Waals surface area contributed by atoms with E-state index in [9.17, 15) is 9.59 Å². The zero-order valence-corrected chi connectivity index (χ0v) is 10.7. The minimum atomic E-state index is -0.587. The van der Waals surface area contributed by atoms with E-state index in [2.05, 4.69) is 4.98 Å². The molecule has 0 fully saturated rings. The second-order valence-electron chi connectivity index (χ2n) is 3.96. The van der Waals surface area contributed by atoms with E-state index in [0.717, 1.165) is 5.56 Å². The Morgan fingerprint density at radius 1 is 0.950 bits per heavy atom. The summed E-state index contributed by atoms with van der Waals surface area (Å²) in [4.78, 5) is 26.8. The Labute approximate surface area is 116 Å². The number of aromatic nitrogens is 1. The highest BCUT2D eigenvalue weighted by Gasteiger charge is 2.10. The van der Waals surface area contributed by atoms with Crippen LogP contribution in [0.1, 0.15) is 15.9 Å². The molecule has 0 bridgehead atoms. The molecule has 0 atom stereocenters. The van der Waals surface area contributed by atoms with Crippen LogP contribution in [0.5, 0.6) is 0 Å². The Bertz CT molecular complexity index is 569. The van der Waals surface area contributed by atoms with Crippen molar-refractivity contribution in [2.24, 2.45) is 0 Å². The van der Waals surface area contributed by atoms with Crippen LogP contribution in [0.4, 0.5) is 0 Å². The number of esters is 2. The number of pyridine rings is 1. The molecule has 0 saturated carbocycles. The van der Waals surface area contributed by atoms with E-state index in [-0.39, 0.29) is 6.61 Å². The molecule has 2 rings (SSSR count). The monoisotopic (exact) mass is 271 g/mol. The average molecular weight is 271 g/mol. The third kappa shape index (κ3) is 4.20. The topological polar surface area (TPSA) is 65.5 Å². The quantitative estimate of drug-likeness (QED) is 0.778. The first kappa shape index (κ1) is 13.7. The summed E-state index contributed by atoms with van der Waals surface area (Å²) in [7, 11) is 0. The van der Waals surface area contributed by atoms with Gasteiger partial charge in [0.2, 0.25) is 0 Å². The summed E-state index contributed by atoms with van der Waals surface area (Å²) in [6.07, 6.45) is 2.95. The number of hydrogen-bond acceptors (Lipinski definition) is 5. The van der Waals surface area contributed by atoms with Crippen LogP contribution in [0.3, 0.4) is 0 Å². The van der Waals surface area contributed by atoms with Crippen molar-refractivity contribution in [1.29, 1.82) is 0 Å². The highest BCUT2D eigenvalue weighted by Crippen LogP contribution is 2.02. The Morgan fingerprint density at radius 2 is 1.65 bits per heavy atom. The summed E-state index contributed by atoms with van der Waals surface area (Å²) in [5, 5.41) is 0. The summed E-state index contributed by atoms with van der Waals surface area (Å²) < 4.78 is 9.82. The first-order valence-electron chi connectivity index (χ1n) is 6.02. The largest absolute Gasteiger partial charge is 0.458 e. The zero-order chi connectivity index (χ0) is 14.2. The summed E-state index contributed by atoms with van der Waals surface area (Å²) in [6.45, 7) is -0.250. The number of carbonyl (C=O) groups excluding carboxylic acids is 2. The van der Waals surface area contributed by atoms with Crippen molar-refractivity contribution in [3.05, 3.63) is 66.0 Å². The van der Waals surface area contributed by atoms with Crippen LogP contribution in [-0.2, 0) is 20.9 Å². The van der Waals surface area contributed by atoms with Gasteiger partial charge in [-0.3, -0.25) is 4.98 Å². The van der Waals surface area contributed by atoms with Gasteiger partial charge in [0.25, 0.3) is 0 Å². The molecular formula is C15H13NO4. The fraction of sp³-hybridized carbons (Fsp3) is 0.133. The van der Waals surface area contributed by atoms with Gasteiger partial charge in [-0.15, -0.1) is 0 Å². The van der Waals surface area contributed by atoms with Crippen molar-refractivity contribution in [3.63, 3.8) is 0 Å². The summed E-state index contributed by atoms with van der Waals surface area (Å²) >= 11 is 0. The van der Waals surface area contributed by atoms with Gasteiger partial charge in [-0.05, 0) is 17.7 Å². The van der Waals surface area contributed by atoms with E-state index in [1.54, 1.807) is 0 Å². The van der Waals surface area contributed by atoms with Gasteiger partial charge in [0.1, 0.15) is 6.61 Å². The van der Waals surface area contributed by atoms with Crippen LogP contribution in [0.2, 0.25) is 0 Å². The number of rotatable bonds is 5. The number of benzene rings is 1. The van der Waals surface area contributed by atoms with Gasteiger partial charge in [0.05, 0.1) is 5.56 Å². The van der Waals surface area contributed by atoms with E-state index >= 15 is 0 Å². The molecule has 0 amide bonds. The molecule has 0 aliphatic carbocycles. The first-order chi connectivity index (χ1) is 9.75. The molecule has 5 nitrogen and oxygen atoms in total. The average Bonchev–Trinajstić information content (AvgIpc) is 2.52. The van der Waals surface area contributed by atoms with Gasteiger partial charge in [0.15, 0.2) is 6.61 Å². The maximum atomic E-state index is 11.6. The van der Waals surface area contributed by atoms with Crippen LogP contribution < -0.4 is 0 Å². The highest BCUT2D eigenvalue weighted by molar-refractivity contribution is 5.90. The minimum Gasteiger partial charge on any atom is -0.458 e. The van der Waals surface area contributed by atoms with Crippen LogP contribution in [-0.4, -0.2) is 23.5 Å². The molecule has 0 unspecified atom stereocenters. The summed E-state index contributed by atoms with van der Waals surface area (Å²) in [5.74, 6) is -1.17. The lowest BCUT2D eigenvalue weighted by Gasteiger charge is -2.06. The fourth-order valence-corrected chi connectivity index (χ4v) is 1.48. The molecule has 102 valence electrons. The van der Waals surface area contributed by atoms with Crippen molar-refractivity contribution >= 4 is 11.9 Å². The van der Waals surface area contributed by atoms with Crippen LogP contribution >= 0.6 is 0 Å². The van der Waals surface area contributed by atoms with E-state index < -0.39 is 18.5 Å². The van der Waals surface area contributed by atoms with Crippen LogP contribution in [0.25, 0.3) is 0 Å². The lowest BCUT2D eigenvalue weighted by Crippen LogP contribution is -2.16. The smallest absolute Gasteiger partial charge is 0.344 e.